The fraction of sp³-hybridized carbons (Fsp3) is 0.143. The Balaban J connectivity index is 1.04. The molecule has 66 heavy (non-hydrogen) atoms. The summed E-state index contributed by atoms with van der Waals surface area (Å²) in [5.41, 5.74) is 14.6. The Labute approximate surface area is 382 Å². The van der Waals surface area contributed by atoms with E-state index in [-0.39, 0.29) is 19.8 Å². The number of nitrogens with zero attached hydrogens (tertiary/aromatic N) is 6. The van der Waals surface area contributed by atoms with Gasteiger partial charge in [-0.15, -0.1) is 0 Å². The second kappa shape index (κ2) is 18.7. The van der Waals surface area contributed by atoms with Crippen molar-refractivity contribution < 1.29 is 10.2 Å². The molecule has 4 heterocycles. The first-order valence-electron chi connectivity index (χ1n) is 22.5. The molecule has 0 bridgehead atoms. The predicted octanol–water partition coefficient (Wildman–Crippen LogP) is 9.95. The van der Waals surface area contributed by atoms with Crippen LogP contribution in [0.2, 0.25) is 0 Å². The Hall–Kier alpha value is -7.92. The number of fused-ring (bicyclic) bond motifs is 2. The van der Waals surface area contributed by atoms with Crippen molar-refractivity contribution in [3.05, 3.63) is 205 Å². The van der Waals surface area contributed by atoms with Gasteiger partial charge in [0.25, 0.3) is 0 Å². The molecule has 0 aliphatic rings. The van der Waals surface area contributed by atoms with Gasteiger partial charge in [-0.05, 0) is 63.4 Å². The van der Waals surface area contributed by atoms with E-state index < -0.39 is 0 Å². The van der Waals surface area contributed by atoms with Gasteiger partial charge in [0, 0.05) is 43.9 Å². The molecule has 10 aromatic rings. The first-order valence-corrected chi connectivity index (χ1v) is 22.5. The Morgan fingerprint density at radius 2 is 0.924 bits per heavy atom. The molecule has 6 aromatic carbocycles. The first kappa shape index (κ1) is 42.1. The molecule has 0 saturated carbocycles. The average Bonchev–Trinajstić information content (AvgIpc) is 3.89. The Morgan fingerprint density at radius 3 is 1.52 bits per heavy atom. The largest absolute Gasteiger partial charge is 0.396 e. The van der Waals surface area contributed by atoms with Gasteiger partial charge in [0.15, 0.2) is 0 Å². The summed E-state index contributed by atoms with van der Waals surface area (Å²) in [7, 11) is 0. The van der Waals surface area contributed by atoms with E-state index in [9.17, 15) is 21.0 Å². The van der Waals surface area contributed by atoms with Crippen LogP contribution in [0.3, 0.4) is 0 Å². The molecular formula is C56H50N8O2. The molecule has 0 saturated heterocycles. The van der Waals surface area contributed by atoms with Crippen molar-refractivity contribution in [3.8, 4) is 55.9 Å². The molecule has 4 N–H and O–H groups in total. The lowest BCUT2D eigenvalue weighted by molar-refractivity contribution is 0.273. The number of hydrogen-bond acceptors (Lipinski definition) is 6. The van der Waals surface area contributed by atoms with Crippen molar-refractivity contribution >= 4 is 22.1 Å². The topological polar surface area (TPSA) is 134 Å². The lowest BCUT2D eigenvalue weighted by atomic mass is 9.95. The summed E-state index contributed by atoms with van der Waals surface area (Å²) in [5.74, 6) is 0. The molecule has 0 amide bonds. The second-order valence-electron chi connectivity index (χ2n) is 16.6. The zero-order chi connectivity index (χ0) is 45.0. The van der Waals surface area contributed by atoms with Crippen LogP contribution in [0.1, 0.15) is 17.5 Å². The number of rotatable bonds is 15. The van der Waals surface area contributed by atoms with Crippen LogP contribution >= 0.6 is 0 Å². The van der Waals surface area contributed by atoms with Crippen LogP contribution < -0.4 is 11.0 Å². The maximum atomic E-state index is 9.84. The smallest absolute Gasteiger partial charge is 0.146 e. The molecule has 0 unspecified atom stereocenters. The van der Waals surface area contributed by atoms with Crippen LogP contribution in [0.4, 0.5) is 0 Å². The molecule has 0 spiro atoms. The van der Waals surface area contributed by atoms with Gasteiger partial charge in [-0.25, -0.2) is 9.97 Å². The summed E-state index contributed by atoms with van der Waals surface area (Å²) in [6, 6.07) is 58.7. The van der Waals surface area contributed by atoms with E-state index >= 15 is 0 Å². The van der Waals surface area contributed by atoms with Crippen molar-refractivity contribution in [2.45, 2.75) is 39.0 Å². The summed E-state index contributed by atoms with van der Waals surface area (Å²) < 4.78 is 8.06. The molecule has 0 atom stereocenters. The van der Waals surface area contributed by atoms with Gasteiger partial charge in [-0.1, -0.05) is 164 Å². The van der Waals surface area contributed by atoms with Crippen LogP contribution in [0.15, 0.2) is 183 Å². The summed E-state index contributed by atoms with van der Waals surface area (Å²) in [6.07, 6.45) is 4.67. The summed E-state index contributed by atoms with van der Waals surface area (Å²) in [5, 5.41) is 40.0. The number of aryl methyl sites for hydroxylation is 3. The number of hydrogen-bond donors (Lipinski definition) is 4. The third kappa shape index (κ3) is 7.97. The Bertz CT molecular complexity index is 3410. The van der Waals surface area contributed by atoms with E-state index in [0.29, 0.717) is 37.0 Å². The number of benzene rings is 6. The minimum absolute atomic E-state index is 0.0335. The van der Waals surface area contributed by atoms with Gasteiger partial charge in [0.2, 0.25) is 0 Å². The molecule has 10 nitrogen and oxygen atoms in total. The van der Waals surface area contributed by atoms with Gasteiger partial charge in [-0.2, -0.15) is 0 Å². The highest BCUT2D eigenvalue weighted by molar-refractivity contribution is 6.04. The fourth-order valence-corrected chi connectivity index (χ4v) is 9.32. The molecule has 10 heteroatoms. The summed E-state index contributed by atoms with van der Waals surface area (Å²) >= 11 is 0. The summed E-state index contributed by atoms with van der Waals surface area (Å²) in [6.45, 7) is 1.95. The molecule has 0 aliphatic heterocycles. The number of nitrogens with one attached hydrogen (secondary N) is 2. The van der Waals surface area contributed by atoms with E-state index in [1.165, 1.54) is 5.56 Å². The lowest BCUT2D eigenvalue weighted by Crippen LogP contribution is -2.22. The average molecular weight is 867 g/mol. The fourth-order valence-electron chi connectivity index (χ4n) is 9.32. The van der Waals surface area contributed by atoms with Crippen LogP contribution in [-0.2, 0) is 32.6 Å². The van der Waals surface area contributed by atoms with Crippen molar-refractivity contribution in [1.82, 2.24) is 28.2 Å². The monoisotopic (exact) mass is 866 g/mol. The van der Waals surface area contributed by atoms with Crippen LogP contribution in [-0.4, -0.2) is 51.7 Å². The van der Waals surface area contributed by atoms with Crippen LogP contribution in [0.25, 0.3) is 78.0 Å². The second-order valence-corrected chi connectivity index (χ2v) is 16.6. The quantitative estimate of drug-likeness (QED) is 0.0817. The van der Waals surface area contributed by atoms with E-state index in [1.807, 2.05) is 53.1 Å². The standard InChI is InChI=1S/C56H50N8O2/c57-53-50-48(52(44-21-11-4-12-22-44)64(36-40-15-5-1-6-16-40)56(50)60-37-61(53)30-14-33-65)46-24-13-23-45(35-46)41-27-25-39(26-28-41)29-31-63-51(43-19-9-3-10-20-43)47(42-17-7-2-8-18-42)49-54(58)62(32-34-66)38-59-55(49)63/h1-13,15-28,35,37-38,57-58,65-66H,14,29-34,36H2. The lowest BCUT2D eigenvalue weighted by Gasteiger charge is -2.14. The summed E-state index contributed by atoms with van der Waals surface area (Å²) in [4.78, 5) is 9.97. The van der Waals surface area contributed by atoms with Gasteiger partial charge in [0.1, 0.15) is 22.3 Å². The highest BCUT2D eigenvalue weighted by Crippen LogP contribution is 2.42. The third-order valence-corrected chi connectivity index (χ3v) is 12.5. The first-order chi connectivity index (χ1) is 32.5. The van der Waals surface area contributed by atoms with Gasteiger partial charge >= 0.3 is 0 Å². The maximum absolute atomic E-state index is 9.84. The molecule has 10 rings (SSSR count). The van der Waals surface area contributed by atoms with Gasteiger partial charge in [0.05, 0.1) is 41.4 Å². The number of aromatic nitrogens is 6. The number of aliphatic hydroxyl groups is 2. The Kier molecular flexibility index (Phi) is 11.9. The molecule has 4 aromatic heterocycles. The molecule has 0 radical (unpaired) electrons. The van der Waals surface area contributed by atoms with Crippen molar-refractivity contribution in [3.63, 3.8) is 0 Å². The minimum Gasteiger partial charge on any atom is -0.396 e. The van der Waals surface area contributed by atoms with E-state index in [0.717, 1.165) is 89.9 Å². The number of aliphatic hydroxyl groups excluding tert-OH is 2. The van der Waals surface area contributed by atoms with E-state index in [4.69, 9.17) is 9.97 Å². The third-order valence-electron chi connectivity index (χ3n) is 12.5. The van der Waals surface area contributed by atoms with Crippen molar-refractivity contribution in [2.24, 2.45) is 0 Å². The van der Waals surface area contributed by atoms with E-state index in [2.05, 4.69) is 130 Å². The molecular weight excluding hydrogens is 817 g/mol. The molecule has 326 valence electrons. The maximum Gasteiger partial charge on any atom is 0.146 e. The SMILES string of the molecule is N=c1c2c(-c3ccccc3)c(-c3ccccc3)n(CCc3ccc(-c4cccc(-c5c(-c6ccccc6)n(Cc6ccccc6)c6ncn(CCCO)c(=N)c56)c4)cc3)c2ncn1CCO. The minimum atomic E-state index is -0.0828. The predicted molar refractivity (Wildman–Crippen MR) is 262 cm³/mol. The van der Waals surface area contributed by atoms with Crippen LogP contribution in [0, 0.1) is 10.8 Å². The highest BCUT2D eigenvalue weighted by Gasteiger charge is 2.25. The molecule has 0 aliphatic carbocycles. The van der Waals surface area contributed by atoms with E-state index in [1.54, 1.807) is 17.2 Å². The highest BCUT2D eigenvalue weighted by atomic mass is 16.3. The van der Waals surface area contributed by atoms with Gasteiger partial charge in [-0.3, -0.25) is 10.8 Å². The zero-order valence-corrected chi connectivity index (χ0v) is 36.6. The zero-order valence-electron chi connectivity index (χ0n) is 36.6. The molecule has 0 fully saturated rings. The van der Waals surface area contributed by atoms with Crippen molar-refractivity contribution in [1.29, 1.82) is 10.8 Å². The van der Waals surface area contributed by atoms with Crippen molar-refractivity contribution in [2.75, 3.05) is 13.2 Å². The normalized spacial score (nSPS) is 11.5. The van der Waals surface area contributed by atoms with Crippen LogP contribution in [0.5, 0.6) is 0 Å². The Morgan fingerprint density at radius 1 is 0.424 bits per heavy atom. The van der Waals surface area contributed by atoms with Gasteiger partial charge < -0.3 is 28.5 Å².